The molecule has 0 aromatic heterocycles. The lowest BCUT2D eigenvalue weighted by Gasteiger charge is -2.12. The number of aryl methyl sites for hydroxylation is 1. The zero-order valence-electron chi connectivity index (χ0n) is 9.11. The molecule has 0 radical (unpaired) electrons. The minimum absolute atomic E-state index is 0.382. The topological polar surface area (TPSA) is 86.6 Å². The maximum atomic E-state index is 11.7. The smallest absolute Gasteiger partial charge is 0.328 e. The van der Waals surface area contributed by atoms with Crippen molar-refractivity contribution in [2.75, 3.05) is 6.61 Å². The molecule has 17 heavy (non-hydrogen) atoms. The molecular weight excluding hydrogens is 290 g/mol. The summed E-state index contributed by atoms with van der Waals surface area (Å²) in [4.78, 5) is 22.4. The van der Waals surface area contributed by atoms with Crippen molar-refractivity contribution < 1.29 is 19.8 Å². The van der Waals surface area contributed by atoms with E-state index in [1.54, 1.807) is 25.1 Å². The quantitative estimate of drug-likeness (QED) is 0.772. The monoisotopic (exact) mass is 301 g/mol. The van der Waals surface area contributed by atoms with Gasteiger partial charge in [-0.25, -0.2) is 4.79 Å². The summed E-state index contributed by atoms with van der Waals surface area (Å²) in [6.07, 6.45) is 0. The van der Waals surface area contributed by atoms with Gasteiger partial charge in [-0.3, -0.25) is 4.79 Å². The number of hydrogen-bond donors (Lipinski definition) is 3. The van der Waals surface area contributed by atoms with Crippen LogP contribution in [-0.2, 0) is 4.79 Å². The molecule has 6 heteroatoms. The Morgan fingerprint density at radius 1 is 1.47 bits per heavy atom. The molecule has 5 nitrogen and oxygen atoms in total. The molecule has 1 atom stereocenters. The lowest BCUT2D eigenvalue weighted by molar-refractivity contribution is -0.140. The van der Waals surface area contributed by atoms with Crippen LogP contribution in [0.1, 0.15) is 15.9 Å². The van der Waals surface area contributed by atoms with Crippen LogP contribution in [0, 0.1) is 6.92 Å². The number of aliphatic hydroxyl groups is 1. The molecule has 3 N–H and O–H groups in total. The van der Waals surface area contributed by atoms with Crippen molar-refractivity contribution in [3.63, 3.8) is 0 Å². The van der Waals surface area contributed by atoms with Gasteiger partial charge in [0.2, 0.25) is 0 Å². The second-order valence-corrected chi connectivity index (χ2v) is 4.42. The zero-order chi connectivity index (χ0) is 13.0. The van der Waals surface area contributed by atoms with Crippen LogP contribution >= 0.6 is 15.9 Å². The van der Waals surface area contributed by atoms with E-state index in [-0.39, 0.29) is 0 Å². The fraction of sp³-hybridized carbons (Fsp3) is 0.273. The molecule has 1 rings (SSSR count). The van der Waals surface area contributed by atoms with Gasteiger partial charge in [0, 0.05) is 10.0 Å². The Bertz CT molecular complexity index is 447. The third-order valence-electron chi connectivity index (χ3n) is 2.22. The van der Waals surface area contributed by atoms with Crippen LogP contribution in [0.5, 0.6) is 0 Å². The highest BCUT2D eigenvalue weighted by molar-refractivity contribution is 9.10. The van der Waals surface area contributed by atoms with E-state index in [1.165, 1.54) is 0 Å². The van der Waals surface area contributed by atoms with Crippen molar-refractivity contribution in [3.05, 3.63) is 33.8 Å². The highest BCUT2D eigenvalue weighted by atomic mass is 79.9. The summed E-state index contributed by atoms with van der Waals surface area (Å²) >= 11 is 3.27. The Hall–Kier alpha value is -1.40. The molecule has 0 aliphatic carbocycles. The van der Waals surface area contributed by atoms with E-state index in [4.69, 9.17) is 10.2 Å². The number of aliphatic carboxylic acids is 1. The minimum Gasteiger partial charge on any atom is -0.480 e. The Morgan fingerprint density at radius 2 is 2.12 bits per heavy atom. The van der Waals surface area contributed by atoms with Crippen molar-refractivity contribution in [1.29, 1.82) is 0 Å². The summed E-state index contributed by atoms with van der Waals surface area (Å²) in [5.41, 5.74) is 1.10. The van der Waals surface area contributed by atoms with E-state index in [1.807, 2.05) is 0 Å². The van der Waals surface area contributed by atoms with E-state index in [2.05, 4.69) is 21.2 Å². The van der Waals surface area contributed by atoms with Gasteiger partial charge in [0.15, 0.2) is 6.04 Å². The van der Waals surface area contributed by atoms with Gasteiger partial charge in [-0.1, -0.05) is 15.9 Å². The molecule has 1 aromatic rings. The van der Waals surface area contributed by atoms with Gasteiger partial charge in [-0.2, -0.15) is 0 Å². The first-order valence-electron chi connectivity index (χ1n) is 4.86. The van der Waals surface area contributed by atoms with Gasteiger partial charge in [0.1, 0.15) is 0 Å². The average molecular weight is 302 g/mol. The Balaban J connectivity index is 2.86. The van der Waals surface area contributed by atoms with E-state index in [0.29, 0.717) is 5.56 Å². The number of nitrogens with one attached hydrogen (secondary N) is 1. The molecule has 0 spiro atoms. The highest BCUT2D eigenvalue weighted by Crippen LogP contribution is 2.15. The number of hydrogen-bond acceptors (Lipinski definition) is 3. The standard InChI is InChI=1S/C11H12BrNO4/c1-6-4-7(12)2-3-8(6)10(15)13-9(5-14)11(16)17/h2-4,9,14H,5H2,1H3,(H,13,15)(H,16,17). The molecule has 0 fully saturated rings. The molecule has 0 heterocycles. The predicted octanol–water partition coefficient (Wildman–Crippen LogP) is 0.933. The first-order chi connectivity index (χ1) is 7.95. The number of amides is 1. The van der Waals surface area contributed by atoms with Crippen LogP contribution in [-0.4, -0.2) is 34.7 Å². The fourth-order valence-corrected chi connectivity index (χ4v) is 1.78. The molecule has 0 aliphatic heterocycles. The highest BCUT2D eigenvalue weighted by Gasteiger charge is 2.20. The van der Waals surface area contributed by atoms with Crippen molar-refractivity contribution in [2.24, 2.45) is 0 Å². The first-order valence-corrected chi connectivity index (χ1v) is 5.65. The van der Waals surface area contributed by atoms with Crippen LogP contribution < -0.4 is 5.32 Å². The summed E-state index contributed by atoms with van der Waals surface area (Å²) in [6, 6.07) is 3.75. The Morgan fingerprint density at radius 3 is 2.59 bits per heavy atom. The van der Waals surface area contributed by atoms with E-state index < -0.39 is 24.5 Å². The van der Waals surface area contributed by atoms with Crippen LogP contribution in [0.4, 0.5) is 0 Å². The lowest BCUT2D eigenvalue weighted by Crippen LogP contribution is -2.43. The number of benzene rings is 1. The number of carboxylic acids is 1. The molecule has 0 saturated carbocycles. The van der Waals surface area contributed by atoms with Crippen molar-refractivity contribution in [2.45, 2.75) is 13.0 Å². The van der Waals surface area contributed by atoms with Crippen LogP contribution in [0.15, 0.2) is 22.7 Å². The van der Waals surface area contributed by atoms with Crippen LogP contribution in [0.3, 0.4) is 0 Å². The van der Waals surface area contributed by atoms with Crippen molar-refractivity contribution >= 4 is 27.8 Å². The molecule has 0 bridgehead atoms. The zero-order valence-corrected chi connectivity index (χ0v) is 10.7. The number of rotatable bonds is 4. The van der Waals surface area contributed by atoms with Gasteiger partial charge in [0.25, 0.3) is 5.91 Å². The molecule has 92 valence electrons. The van der Waals surface area contributed by atoms with Crippen molar-refractivity contribution in [3.8, 4) is 0 Å². The van der Waals surface area contributed by atoms with Crippen LogP contribution in [0.25, 0.3) is 0 Å². The van der Waals surface area contributed by atoms with Gasteiger partial charge < -0.3 is 15.5 Å². The molecule has 1 amide bonds. The average Bonchev–Trinajstić information content (AvgIpc) is 2.24. The van der Waals surface area contributed by atoms with Crippen LogP contribution in [0.2, 0.25) is 0 Å². The second kappa shape index (κ2) is 5.79. The Labute approximate surface area is 107 Å². The summed E-state index contributed by atoms with van der Waals surface area (Å²) in [5.74, 6) is -1.79. The number of carboxylic acid groups (broad SMARTS) is 1. The van der Waals surface area contributed by atoms with Gasteiger partial charge in [0.05, 0.1) is 6.61 Å². The number of aliphatic hydroxyl groups excluding tert-OH is 1. The summed E-state index contributed by atoms with van der Waals surface area (Å²) in [7, 11) is 0. The lowest BCUT2D eigenvalue weighted by atomic mass is 10.1. The second-order valence-electron chi connectivity index (χ2n) is 3.51. The first kappa shape index (κ1) is 13.7. The molecular formula is C11H12BrNO4. The van der Waals surface area contributed by atoms with Gasteiger partial charge in [-0.15, -0.1) is 0 Å². The minimum atomic E-state index is -1.29. The van der Waals surface area contributed by atoms with E-state index >= 15 is 0 Å². The van der Waals surface area contributed by atoms with E-state index in [9.17, 15) is 9.59 Å². The summed E-state index contributed by atoms with van der Waals surface area (Å²) < 4.78 is 0.837. The van der Waals surface area contributed by atoms with Crippen molar-refractivity contribution in [1.82, 2.24) is 5.32 Å². The third kappa shape index (κ3) is 3.54. The third-order valence-corrected chi connectivity index (χ3v) is 2.71. The number of carbonyl (C=O) groups is 2. The van der Waals surface area contributed by atoms with E-state index in [0.717, 1.165) is 10.0 Å². The molecule has 1 unspecified atom stereocenters. The Kier molecular flexibility index (Phi) is 4.65. The van der Waals surface area contributed by atoms with Gasteiger partial charge in [-0.05, 0) is 30.7 Å². The number of carbonyl (C=O) groups excluding carboxylic acids is 1. The largest absolute Gasteiger partial charge is 0.480 e. The summed E-state index contributed by atoms with van der Waals surface area (Å²) in [5, 5.41) is 19.7. The van der Waals surface area contributed by atoms with Gasteiger partial charge >= 0.3 is 5.97 Å². The maximum Gasteiger partial charge on any atom is 0.328 e. The summed E-state index contributed by atoms with van der Waals surface area (Å²) in [6.45, 7) is 1.10. The maximum absolute atomic E-state index is 11.7. The number of halogens is 1. The molecule has 0 saturated heterocycles. The fourth-order valence-electron chi connectivity index (χ4n) is 1.30. The molecule has 1 aromatic carbocycles. The predicted molar refractivity (Wildman–Crippen MR) is 64.9 cm³/mol. The SMILES string of the molecule is Cc1cc(Br)ccc1C(=O)NC(CO)C(=O)O. The molecule has 0 aliphatic rings. The normalized spacial score (nSPS) is 11.9.